The smallest absolute Gasteiger partial charge is 0.257 e. The molecule has 5 nitrogen and oxygen atoms in total. The first-order valence-electron chi connectivity index (χ1n) is 8.24. The molecule has 1 aromatic heterocycles. The van der Waals surface area contributed by atoms with Crippen LogP contribution in [0.25, 0.3) is 0 Å². The van der Waals surface area contributed by atoms with Gasteiger partial charge in [-0.25, -0.2) is 4.98 Å². The van der Waals surface area contributed by atoms with Gasteiger partial charge in [0.05, 0.1) is 5.56 Å². The number of anilines is 1. The lowest BCUT2D eigenvalue weighted by molar-refractivity contribution is 0.0793. The Morgan fingerprint density at radius 2 is 1.82 bits per heavy atom. The van der Waals surface area contributed by atoms with E-state index in [4.69, 9.17) is 4.98 Å². The molecule has 0 N–H and O–H groups in total. The zero-order valence-corrected chi connectivity index (χ0v) is 13.9. The minimum absolute atomic E-state index is 0.147. The van der Waals surface area contributed by atoms with Gasteiger partial charge in [-0.2, -0.15) is 0 Å². The quantitative estimate of drug-likeness (QED) is 0.828. The molecule has 2 aliphatic heterocycles. The molecule has 1 amide bonds. The van der Waals surface area contributed by atoms with E-state index in [0.29, 0.717) is 0 Å². The van der Waals surface area contributed by atoms with Gasteiger partial charge in [-0.3, -0.25) is 4.79 Å². The zero-order valence-electron chi connectivity index (χ0n) is 13.9. The summed E-state index contributed by atoms with van der Waals surface area (Å²) >= 11 is 0. The summed E-state index contributed by atoms with van der Waals surface area (Å²) in [5.41, 5.74) is 3.18. The number of pyridine rings is 1. The highest BCUT2D eigenvalue weighted by Gasteiger charge is 2.25. The maximum Gasteiger partial charge on any atom is 0.257 e. The molecule has 3 rings (SSSR count). The minimum Gasteiger partial charge on any atom is -0.362 e. The molecule has 0 radical (unpaired) electrons. The number of rotatable bonds is 2. The Labute approximate surface area is 132 Å². The highest BCUT2D eigenvalue weighted by molar-refractivity contribution is 5.99. The molecule has 0 atom stereocenters. The van der Waals surface area contributed by atoms with Crippen LogP contribution in [0.1, 0.15) is 34.5 Å². The molecule has 5 heteroatoms. The number of fused-ring (bicyclic) bond motifs is 1. The van der Waals surface area contributed by atoms with Crippen LogP contribution < -0.4 is 4.90 Å². The first-order valence-corrected chi connectivity index (χ1v) is 8.24. The van der Waals surface area contributed by atoms with E-state index in [0.717, 1.165) is 68.9 Å². The van der Waals surface area contributed by atoms with E-state index in [-0.39, 0.29) is 5.91 Å². The molecular weight excluding hydrogens is 276 g/mol. The molecular formula is C17H26N4O. The van der Waals surface area contributed by atoms with Crippen LogP contribution in [-0.4, -0.2) is 68.0 Å². The number of hydrogen-bond donors (Lipinski definition) is 0. The Balaban J connectivity index is 1.99. The van der Waals surface area contributed by atoms with Gasteiger partial charge in [-0.05, 0) is 37.9 Å². The Kier molecular flexibility index (Phi) is 4.34. The van der Waals surface area contributed by atoms with Crippen molar-refractivity contribution in [2.75, 3.05) is 52.2 Å². The average molecular weight is 302 g/mol. The van der Waals surface area contributed by atoms with Crippen molar-refractivity contribution in [3.05, 3.63) is 22.9 Å². The molecule has 0 aromatic carbocycles. The number of likely N-dealkylation sites (tertiary alicyclic amines) is 1. The summed E-state index contributed by atoms with van der Waals surface area (Å²) in [6.07, 6.45) is 4.18. The number of amides is 1. The monoisotopic (exact) mass is 302 g/mol. The lowest BCUT2D eigenvalue weighted by Gasteiger charge is -2.22. The van der Waals surface area contributed by atoms with Crippen LogP contribution in [0.15, 0.2) is 6.07 Å². The SMILES string of the molecule is CN1CCc2cc(C(=O)N3CCCC3)c(N(C)C)nc2CC1. The van der Waals surface area contributed by atoms with Crippen molar-refractivity contribution in [2.24, 2.45) is 0 Å². The zero-order chi connectivity index (χ0) is 15.7. The Morgan fingerprint density at radius 1 is 1.14 bits per heavy atom. The molecule has 3 heterocycles. The molecule has 1 aromatic rings. The van der Waals surface area contributed by atoms with Crippen molar-refractivity contribution >= 4 is 11.7 Å². The molecule has 0 unspecified atom stereocenters. The van der Waals surface area contributed by atoms with Gasteiger partial charge in [0, 0.05) is 52.4 Å². The lowest BCUT2D eigenvalue weighted by Crippen LogP contribution is -2.30. The van der Waals surface area contributed by atoms with E-state index >= 15 is 0 Å². The highest BCUT2D eigenvalue weighted by Crippen LogP contribution is 2.25. The van der Waals surface area contributed by atoms with Crippen molar-refractivity contribution in [3.8, 4) is 0 Å². The van der Waals surface area contributed by atoms with Gasteiger partial charge in [0.1, 0.15) is 5.82 Å². The van der Waals surface area contributed by atoms with Crippen LogP contribution >= 0.6 is 0 Å². The van der Waals surface area contributed by atoms with Gasteiger partial charge in [-0.1, -0.05) is 0 Å². The normalized spacial score (nSPS) is 19.0. The Morgan fingerprint density at radius 3 is 2.50 bits per heavy atom. The summed E-state index contributed by atoms with van der Waals surface area (Å²) in [4.78, 5) is 24.0. The highest BCUT2D eigenvalue weighted by atomic mass is 16.2. The number of nitrogens with zero attached hydrogens (tertiary/aromatic N) is 4. The number of likely N-dealkylation sites (N-methyl/N-ethyl adjacent to an activating group) is 1. The molecule has 0 aliphatic carbocycles. The maximum atomic E-state index is 12.9. The molecule has 120 valence electrons. The van der Waals surface area contributed by atoms with Crippen molar-refractivity contribution in [1.82, 2.24) is 14.8 Å². The Hall–Kier alpha value is -1.62. The van der Waals surface area contributed by atoms with Crippen LogP contribution in [0, 0.1) is 0 Å². The molecule has 2 aliphatic rings. The lowest BCUT2D eigenvalue weighted by atomic mass is 10.0. The standard InChI is InChI=1S/C17H26N4O/c1-19(2)16-14(17(22)21-8-4-5-9-21)12-13-6-10-20(3)11-7-15(13)18-16/h12H,4-11H2,1-3H3. The maximum absolute atomic E-state index is 12.9. The summed E-state index contributed by atoms with van der Waals surface area (Å²) in [6.45, 7) is 3.83. The number of aromatic nitrogens is 1. The molecule has 0 spiro atoms. The fourth-order valence-electron chi connectivity index (χ4n) is 3.32. The molecule has 0 bridgehead atoms. The first kappa shape index (κ1) is 15.3. The van der Waals surface area contributed by atoms with Crippen molar-refractivity contribution in [3.63, 3.8) is 0 Å². The van der Waals surface area contributed by atoms with E-state index in [9.17, 15) is 4.79 Å². The topological polar surface area (TPSA) is 39.7 Å². The van der Waals surface area contributed by atoms with Crippen LogP contribution in [-0.2, 0) is 12.8 Å². The third kappa shape index (κ3) is 2.95. The first-order chi connectivity index (χ1) is 10.6. The van der Waals surface area contributed by atoms with Gasteiger partial charge in [0.25, 0.3) is 5.91 Å². The van der Waals surface area contributed by atoms with Gasteiger partial charge >= 0.3 is 0 Å². The molecule has 0 saturated carbocycles. The van der Waals surface area contributed by atoms with Crippen molar-refractivity contribution in [2.45, 2.75) is 25.7 Å². The summed E-state index contributed by atoms with van der Waals surface area (Å²) in [6, 6.07) is 2.11. The predicted molar refractivity (Wildman–Crippen MR) is 88.6 cm³/mol. The fraction of sp³-hybridized carbons (Fsp3) is 0.647. The van der Waals surface area contributed by atoms with E-state index < -0.39 is 0 Å². The van der Waals surface area contributed by atoms with Crippen LogP contribution in [0.4, 0.5) is 5.82 Å². The van der Waals surface area contributed by atoms with Crippen LogP contribution in [0.2, 0.25) is 0 Å². The second kappa shape index (κ2) is 6.24. The van der Waals surface area contributed by atoms with Crippen LogP contribution in [0.3, 0.4) is 0 Å². The number of hydrogen-bond acceptors (Lipinski definition) is 4. The predicted octanol–water partition coefficient (Wildman–Crippen LogP) is 1.41. The van der Waals surface area contributed by atoms with Crippen molar-refractivity contribution in [1.29, 1.82) is 0 Å². The summed E-state index contributed by atoms with van der Waals surface area (Å²) in [5.74, 6) is 0.967. The van der Waals surface area contributed by atoms with Gasteiger partial charge < -0.3 is 14.7 Å². The average Bonchev–Trinajstić information content (AvgIpc) is 2.97. The van der Waals surface area contributed by atoms with Gasteiger partial charge in [-0.15, -0.1) is 0 Å². The molecule has 1 saturated heterocycles. The second-order valence-electron chi connectivity index (χ2n) is 6.66. The number of carbonyl (C=O) groups excluding carboxylic acids is 1. The third-order valence-electron chi connectivity index (χ3n) is 4.71. The molecule has 22 heavy (non-hydrogen) atoms. The van der Waals surface area contributed by atoms with E-state index in [1.807, 2.05) is 23.9 Å². The van der Waals surface area contributed by atoms with Crippen LogP contribution in [0.5, 0.6) is 0 Å². The third-order valence-corrected chi connectivity index (χ3v) is 4.71. The summed E-state index contributed by atoms with van der Waals surface area (Å²) in [5, 5.41) is 0. The fourth-order valence-corrected chi connectivity index (χ4v) is 3.32. The van der Waals surface area contributed by atoms with Gasteiger partial charge in [0.15, 0.2) is 0 Å². The summed E-state index contributed by atoms with van der Waals surface area (Å²) < 4.78 is 0. The van der Waals surface area contributed by atoms with Crippen molar-refractivity contribution < 1.29 is 4.79 Å². The van der Waals surface area contributed by atoms with Gasteiger partial charge in [0.2, 0.25) is 0 Å². The molecule has 1 fully saturated rings. The largest absolute Gasteiger partial charge is 0.362 e. The Bertz CT molecular complexity index is 564. The van der Waals surface area contributed by atoms with E-state index in [2.05, 4.69) is 18.0 Å². The second-order valence-corrected chi connectivity index (χ2v) is 6.66. The minimum atomic E-state index is 0.147. The van der Waals surface area contributed by atoms with E-state index in [1.54, 1.807) is 0 Å². The van der Waals surface area contributed by atoms with E-state index in [1.165, 1.54) is 5.56 Å². The number of carbonyl (C=O) groups is 1. The summed E-state index contributed by atoms with van der Waals surface area (Å²) in [7, 11) is 6.09.